The Labute approximate surface area is 304 Å². The van der Waals surface area contributed by atoms with Gasteiger partial charge < -0.3 is 33.5 Å². The van der Waals surface area contributed by atoms with Gasteiger partial charge in [0, 0.05) is 32.1 Å². The summed E-state index contributed by atoms with van der Waals surface area (Å²) in [6.45, 7) is 19.0. The van der Waals surface area contributed by atoms with Gasteiger partial charge in [0.25, 0.3) is 0 Å². The van der Waals surface area contributed by atoms with Crippen molar-refractivity contribution < 1.29 is 47.9 Å². The van der Waals surface area contributed by atoms with Crippen molar-refractivity contribution in [2.45, 2.75) is 156 Å². The highest BCUT2D eigenvalue weighted by Crippen LogP contribution is 2.48. The van der Waals surface area contributed by atoms with Crippen LogP contribution >= 0.6 is 0 Å². The molecule has 5 aliphatic rings. The van der Waals surface area contributed by atoms with E-state index in [0.29, 0.717) is 48.7 Å². The molecule has 0 aromatic heterocycles. The highest BCUT2D eigenvalue weighted by atomic mass is 16.7. The fraction of sp³-hybridized carbons (Fsp3) is 0.732. The second kappa shape index (κ2) is 15.3. The van der Waals surface area contributed by atoms with Crippen LogP contribution in [0.1, 0.15) is 108 Å². The van der Waals surface area contributed by atoms with E-state index in [1.165, 1.54) is 6.92 Å². The molecule has 10 heteroatoms. The number of rotatable bonds is 4. The summed E-state index contributed by atoms with van der Waals surface area (Å²) in [5, 5.41) is 12.7. The average molecular weight is 713 g/mol. The van der Waals surface area contributed by atoms with Crippen molar-refractivity contribution in [3.8, 4) is 0 Å². The predicted molar refractivity (Wildman–Crippen MR) is 191 cm³/mol. The van der Waals surface area contributed by atoms with Crippen molar-refractivity contribution in [2.24, 2.45) is 29.1 Å². The van der Waals surface area contributed by atoms with E-state index in [1.54, 1.807) is 45.9 Å². The summed E-state index contributed by atoms with van der Waals surface area (Å²) in [6, 6.07) is 0. The van der Waals surface area contributed by atoms with Crippen LogP contribution in [-0.2, 0) is 42.8 Å². The molecular formula is C41H60O10. The van der Waals surface area contributed by atoms with Crippen LogP contribution in [0.4, 0.5) is 0 Å². The molecule has 0 radical (unpaired) electrons. The lowest BCUT2D eigenvalue weighted by atomic mass is 9.70. The summed E-state index contributed by atoms with van der Waals surface area (Å²) in [5.41, 5.74) is -0.687. The molecule has 4 heterocycles. The molecule has 3 fully saturated rings. The molecule has 10 nitrogen and oxygen atoms in total. The summed E-state index contributed by atoms with van der Waals surface area (Å²) in [7, 11) is 0. The Morgan fingerprint density at radius 2 is 1.80 bits per heavy atom. The van der Waals surface area contributed by atoms with Crippen LogP contribution in [0.15, 0.2) is 47.1 Å². The fourth-order valence-electron chi connectivity index (χ4n) is 8.35. The number of hydrogen-bond donors (Lipinski definition) is 1. The molecule has 0 amide bonds. The third-order valence-corrected chi connectivity index (χ3v) is 11.6. The van der Waals surface area contributed by atoms with Crippen LogP contribution in [0.5, 0.6) is 0 Å². The fourth-order valence-corrected chi connectivity index (χ4v) is 8.35. The molecule has 51 heavy (non-hydrogen) atoms. The van der Waals surface area contributed by atoms with E-state index in [4.69, 9.17) is 28.4 Å². The smallest absolute Gasteiger partial charge is 0.316 e. The third-order valence-electron chi connectivity index (χ3n) is 11.6. The first-order valence-electron chi connectivity index (χ1n) is 18.9. The van der Waals surface area contributed by atoms with Gasteiger partial charge in [0.2, 0.25) is 0 Å². The zero-order valence-electron chi connectivity index (χ0n) is 32.2. The SMILES string of the molecule is CC[C@H](C)[C@H]1O[C@]2(CC[C@@H]1C)C[C@@H]1C[C@@H](C/C=C(\C)[C@@H](OC(C)=O)[C@@H](C)/C=C/C=C3\CO[C@@H]4[C@H](OC(=O)C(C)(C)C)C(C)=C[C@@H](C(=O)O1)[C@]34O)O2. The van der Waals surface area contributed by atoms with Crippen LogP contribution in [0.25, 0.3) is 0 Å². The minimum atomic E-state index is -1.85. The molecule has 0 saturated carbocycles. The number of aliphatic hydroxyl groups is 1. The minimum absolute atomic E-state index is 0.00329. The lowest BCUT2D eigenvalue weighted by molar-refractivity contribution is -0.340. The van der Waals surface area contributed by atoms with Gasteiger partial charge in [-0.05, 0) is 76.0 Å². The number of carbonyl (C=O) groups excluding carboxylic acids is 3. The molecule has 0 unspecified atom stereocenters. The first-order valence-corrected chi connectivity index (χ1v) is 18.9. The molecule has 1 spiro atoms. The molecule has 4 aliphatic heterocycles. The Morgan fingerprint density at radius 1 is 1.08 bits per heavy atom. The lowest BCUT2D eigenvalue weighted by Crippen LogP contribution is -2.59. The monoisotopic (exact) mass is 712 g/mol. The Balaban J connectivity index is 1.58. The van der Waals surface area contributed by atoms with Crippen molar-refractivity contribution in [1.82, 2.24) is 0 Å². The molecule has 1 aliphatic carbocycles. The van der Waals surface area contributed by atoms with Gasteiger partial charge in [0.05, 0.1) is 24.2 Å². The minimum Gasteiger partial charge on any atom is -0.462 e. The van der Waals surface area contributed by atoms with Crippen molar-refractivity contribution in [3.63, 3.8) is 0 Å². The number of ether oxygens (including phenoxy) is 6. The Kier molecular flexibility index (Phi) is 11.8. The van der Waals surface area contributed by atoms with Gasteiger partial charge >= 0.3 is 17.9 Å². The maximum absolute atomic E-state index is 14.4. The molecule has 0 aromatic carbocycles. The van der Waals surface area contributed by atoms with Crippen LogP contribution in [0, 0.1) is 29.1 Å². The summed E-state index contributed by atoms with van der Waals surface area (Å²) < 4.78 is 38.1. The summed E-state index contributed by atoms with van der Waals surface area (Å²) in [5.74, 6) is -2.99. The van der Waals surface area contributed by atoms with Crippen molar-refractivity contribution in [1.29, 1.82) is 0 Å². The molecule has 284 valence electrons. The molecule has 5 rings (SSSR count). The maximum Gasteiger partial charge on any atom is 0.316 e. The first kappa shape index (κ1) is 39.4. The van der Waals surface area contributed by atoms with E-state index in [0.717, 1.165) is 18.4 Å². The standard InChI is InChI=1S/C41H60O10/c1-11-23(2)34-26(5)17-18-40(51-34)21-31-20-30(50-40)16-15-25(4)33(47-28(7)42)24(3)13-12-14-29-22-46-36-35(49-38(44)39(8,9)10)27(6)19-32(37(43)48-31)41(29,36)45/h12-15,19,23-24,26,30-36,45H,11,16-18,20-22H2,1-10H3/b13-12+,25-15+,29-14+/t23-,24-,26-,30+,31-,32-,33-,34+,35+,36+,40+,41+/m0/s1. The quantitative estimate of drug-likeness (QED) is 0.191. The molecule has 1 N–H and O–H groups in total. The molecular weight excluding hydrogens is 652 g/mol. The normalized spacial score (nSPS) is 42.2. The van der Waals surface area contributed by atoms with E-state index in [1.807, 2.05) is 19.9 Å². The van der Waals surface area contributed by atoms with Gasteiger partial charge in [-0.15, -0.1) is 0 Å². The van der Waals surface area contributed by atoms with Crippen LogP contribution < -0.4 is 0 Å². The Morgan fingerprint density at radius 3 is 2.47 bits per heavy atom. The van der Waals surface area contributed by atoms with E-state index in [2.05, 4.69) is 26.8 Å². The summed E-state index contributed by atoms with van der Waals surface area (Å²) in [6.07, 6.45) is 9.69. The second-order valence-corrected chi connectivity index (χ2v) is 16.8. The van der Waals surface area contributed by atoms with Gasteiger partial charge in [-0.1, -0.05) is 64.5 Å². The Bertz CT molecular complexity index is 1450. The van der Waals surface area contributed by atoms with Gasteiger partial charge in [0.15, 0.2) is 11.9 Å². The molecule has 0 aromatic rings. The topological polar surface area (TPSA) is 127 Å². The van der Waals surface area contributed by atoms with E-state index < -0.39 is 59.1 Å². The molecule has 12 atom stereocenters. The zero-order valence-corrected chi connectivity index (χ0v) is 32.2. The number of carbonyl (C=O) groups is 3. The first-order chi connectivity index (χ1) is 23.9. The van der Waals surface area contributed by atoms with Gasteiger partial charge in [-0.25, -0.2) is 0 Å². The largest absolute Gasteiger partial charge is 0.462 e. The summed E-state index contributed by atoms with van der Waals surface area (Å²) >= 11 is 0. The van der Waals surface area contributed by atoms with Gasteiger partial charge in [0.1, 0.15) is 29.8 Å². The maximum atomic E-state index is 14.4. The van der Waals surface area contributed by atoms with Crippen molar-refractivity contribution in [2.75, 3.05) is 6.61 Å². The molecule has 2 bridgehead atoms. The average Bonchev–Trinajstić information content (AvgIpc) is 3.39. The van der Waals surface area contributed by atoms with Crippen molar-refractivity contribution >= 4 is 17.9 Å². The number of fused-ring (bicyclic) bond motifs is 2. The number of allylic oxidation sites excluding steroid dienone is 2. The predicted octanol–water partition coefficient (Wildman–Crippen LogP) is 6.70. The summed E-state index contributed by atoms with van der Waals surface area (Å²) in [4.78, 5) is 39.7. The zero-order chi connectivity index (χ0) is 37.5. The van der Waals surface area contributed by atoms with E-state index >= 15 is 0 Å². The highest BCUT2D eigenvalue weighted by Gasteiger charge is 2.61. The lowest BCUT2D eigenvalue weighted by Gasteiger charge is -2.51. The Hall–Kier alpha value is -2.79. The highest BCUT2D eigenvalue weighted by molar-refractivity contribution is 5.79. The van der Waals surface area contributed by atoms with Crippen LogP contribution in [0.2, 0.25) is 0 Å². The number of esters is 3. The van der Waals surface area contributed by atoms with Gasteiger partial charge in [-0.3, -0.25) is 14.4 Å². The second-order valence-electron chi connectivity index (χ2n) is 16.8. The van der Waals surface area contributed by atoms with Gasteiger partial charge in [-0.2, -0.15) is 0 Å². The molecule has 3 saturated heterocycles. The van der Waals surface area contributed by atoms with E-state index in [-0.39, 0.29) is 30.7 Å². The third kappa shape index (κ3) is 8.24. The van der Waals surface area contributed by atoms with Crippen LogP contribution in [-0.4, -0.2) is 77.6 Å². The van der Waals surface area contributed by atoms with E-state index in [9.17, 15) is 19.5 Å². The van der Waals surface area contributed by atoms with Crippen molar-refractivity contribution in [3.05, 3.63) is 47.1 Å². The van der Waals surface area contributed by atoms with Crippen LogP contribution in [0.3, 0.4) is 0 Å². The number of hydrogen-bond acceptors (Lipinski definition) is 10.